The Kier molecular flexibility index (Phi) is 8.72. The average molecular weight is 513 g/mol. The second kappa shape index (κ2) is 12.1. The number of ether oxygens (including phenoxy) is 1. The van der Waals surface area contributed by atoms with Crippen LogP contribution in [0.5, 0.6) is 0 Å². The molecular formula is C27H33ClN4O4. The van der Waals surface area contributed by atoms with Crippen molar-refractivity contribution in [3.8, 4) is 0 Å². The van der Waals surface area contributed by atoms with Crippen LogP contribution in [0, 0.1) is 0 Å². The summed E-state index contributed by atoms with van der Waals surface area (Å²) in [6.45, 7) is 6.38. The molecule has 0 unspecified atom stereocenters. The Balaban J connectivity index is 1.36. The quantitative estimate of drug-likeness (QED) is 0.408. The number of carbonyl (C=O) groups is 2. The zero-order valence-corrected chi connectivity index (χ0v) is 21.6. The molecule has 2 amide bonds. The summed E-state index contributed by atoms with van der Waals surface area (Å²) < 4.78 is 13.0. The molecule has 0 aliphatic carbocycles. The van der Waals surface area contributed by atoms with Gasteiger partial charge < -0.3 is 28.4 Å². The Labute approximate surface area is 217 Å². The molecule has 0 atom stereocenters. The molecule has 0 bridgehead atoms. The maximum Gasteiger partial charge on any atom is 0.289 e. The smallest absolute Gasteiger partial charge is 0.289 e. The van der Waals surface area contributed by atoms with E-state index in [2.05, 4.69) is 4.90 Å². The first kappa shape index (κ1) is 25.9. The first-order chi connectivity index (χ1) is 17.5. The van der Waals surface area contributed by atoms with E-state index in [-0.39, 0.29) is 18.4 Å². The molecule has 192 valence electrons. The minimum atomic E-state index is -0.105. The monoisotopic (exact) mass is 512 g/mol. The van der Waals surface area contributed by atoms with Crippen LogP contribution in [0.1, 0.15) is 35.4 Å². The second-order valence-corrected chi connectivity index (χ2v) is 9.28. The Morgan fingerprint density at radius 2 is 1.83 bits per heavy atom. The highest BCUT2D eigenvalue weighted by Gasteiger charge is 2.25. The number of anilines is 1. The van der Waals surface area contributed by atoms with Gasteiger partial charge in [-0.05, 0) is 42.8 Å². The number of benzene rings is 1. The third-order valence-corrected chi connectivity index (χ3v) is 6.67. The van der Waals surface area contributed by atoms with Gasteiger partial charge in [-0.2, -0.15) is 0 Å². The minimum Gasteiger partial charge on any atom is -0.454 e. The fourth-order valence-electron chi connectivity index (χ4n) is 4.48. The number of para-hydroxylation sites is 1. The van der Waals surface area contributed by atoms with Crippen molar-refractivity contribution in [1.82, 2.24) is 14.4 Å². The predicted octanol–water partition coefficient (Wildman–Crippen LogP) is 4.13. The lowest BCUT2D eigenvalue weighted by Crippen LogP contribution is -2.48. The van der Waals surface area contributed by atoms with Crippen LogP contribution in [0.3, 0.4) is 0 Å². The lowest BCUT2D eigenvalue weighted by atomic mass is 10.2. The minimum absolute atomic E-state index is 0.0346. The fraction of sp³-hybridized carbons (Fsp3) is 0.407. The maximum atomic E-state index is 13.1. The zero-order valence-electron chi connectivity index (χ0n) is 20.9. The molecule has 1 aliphatic heterocycles. The summed E-state index contributed by atoms with van der Waals surface area (Å²) in [5.41, 5.74) is 1.99. The van der Waals surface area contributed by atoms with Gasteiger partial charge in [0.25, 0.3) is 5.91 Å². The molecule has 0 radical (unpaired) electrons. The van der Waals surface area contributed by atoms with Crippen molar-refractivity contribution in [3.05, 3.63) is 77.0 Å². The third-order valence-electron chi connectivity index (χ3n) is 6.35. The molecule has 1 aromatic carbocycles. The van der Waals surface area contributed by atoms with E-state index in [1.165, 1.54) is 7.11 Å². The standard InChI is InChI=1S/C27H33ClN4O4/c1-3-12-32(26(33)20-35-2)18-21-7-6-13-31(21)19-22-10-11-25(36-22)27(34)30-16-14-29(15-17-30)24-9-5-4-8-23(24)28/h4-11,13H,3,12,14-20H2,1-2H3. The Hall–Kier alpha value is -3.23. The van der Waals surface area contributed by atoms with Gasteiger partial charge in [0.2, 0.25) is 5.91 Å². The van der Waals surface area contributed by atoms with Gasteiger partial charge >= 0.3 is 0 Å². The van der Waals surface area contributed by atoms with Gasteiger partial charge in [-0.15, -0.1) is 0 Å². The van der Waals surface area contributed by atoms with Crippen LogP contribution in [0.15, 0.2) is 59.1 Å². The average Bonchev–Trinajstić information content (AvgIpc) is 3.54. The Morgan fingerprint density at radius 1 is 1.06 bits per heavy atom. The number of rotatable bonds is 10. The highest BCUT2D eigenvalue weighted by atomic mass is 35.5. The van der Waals surface area contributed by atoms with E-state index in [9.17, 15) is 9.59 Å². The molecule has 0 spiro atoms. The van der Waals surface area contributed by atoms with Crippen LogP contribution >= 0.6 is 11.6 Å². The zero-order chi connectivity index (χ0) is 25.5. The van der Waals surface area contributed by atoms with E-state index >= 15 is 0 Å². The maximum absolute atomic E-state index is 13.1. The van der Waals surface area contributed by atoms with Crippen molar-refractivity contribution < 1.29 is 18.7 Å². The molecule has 3 heterocycles. The summed E-state index contributed by atoms with van der Waals surface area (Å²) in [4.78, 5) is 31.3. The van der Waals surface area contributed by atoms with Crippen LogP contribution < -0.4 is 4.90 Å². The van der Waals surface area contributed by atoms with Crippen LogP contribution in [0.2, 0.25) is 5.02 Å². The number of amides is 2. The van der Waals surface area contributed by atoms with Crippen molar-refractivity contribution in [2.24, 2.45) is 0 Å². The lowest BCUT2D eigenvalue weighted by molar-refractivity contribution is -0.135. The van der Waals surface area contributed by atoms with Gasteiger partial charge in [-0.3, -0.25) is 9.59 Å². The Morgan fingerprint density at radius 3 is 2.56 bits per heavy atom. The molecule has 8 nitrogen and oxygen atoms in total. The number of aromatic nitrogens is 1. The van der Waals surface area contributed by atoms with Gasteiger partial charge in [0.15, 0.2) is 5.76 Å². The first-order valence-electron chi connectivity index (χ1n) is 12.3. The second-order valence-electron chi connectivity index (χ2n) is 8.87. The predicted molar refractivity (Wildman–Crippen MR) is 139 cm³/mol. The molecule has 36 heavy (non-hydrogen) atoms. The summed E-state index contributed by atoms with van der Waals surface area (Å²) in [5, 5.41) is 0.721. The number of furan rings is 1. The number of hydrogen-bond acceptors (Lipinski definition) is 5. The van der Waals surface area contributed by atoms with Crippen LogP contribution in [-0.4, -0.2) is 72.6 Å². The van der Waals surface area contributed by atoms with Gasteiger partial charge in [0, 0.05) is 51.7 Å². The van der Waals surface area contributed by atoms with Gasteiger partial charge in [0.1, 0.15) is 12.4 Å². The number of halogens is 1. The van der Waals surface area contributed by atoms with Crippen LogP contribution in [0.25, 0.3) is 0 Å². The fourth-order valence-corrected chi connectivity index (χ4v) is 4.73. The summed E-state index contributed by atoms with van der Waals surface area (Å²) >= 11 is 6.33. The van der Waals surface area contributed by atoms with E-state index in [0.717, 1.165) is 22.8 Å². The van der Waals surface area contributed by atoms with Crippen molar-refractivity contribution in [2.75, 3.05) is 51.3 Å². The summed E-state index contributed by atoms with van der Waals surface area (Å²) in [5.74, 6) is 0.892. The third kappa shape index (κ3) is 6.12. The molecule has 0 N–H and O–H groups in total. The van der Waals surface area contributed by atoms with E-state index in [0.29, 0.717) is 57.3 Å². The van der Waals surface area contributed by atoms with E-state index in [4.69, 9.17) is 20.8 Å². The normalized spacial score (nSPS) is 13.8. The number of nitrogens with zero attached hydrogens (tertiary/aromatic N) is 4. The molecule has 4 rings (SSSR count). The number of methoxy groups -OCH3 is 1. The van der Waals surface area contributed by atoms with Crippen molar-refractivity contribution in [3.63, 3.8) is 0 Å². The lowest BCUT2D eigenvalue weighted by Gasteiger charge is -2.36. The largest absolute Gasteiger partial charge is 0.454 e. The van der Waals surface area contributed by atoms with Crippen molar-refractivity contribution in [2.45, 2.75) is 26.4 Å². The van der Waals surface area contributed by atoms with Gasteiger partial charge in [-0.25, -0.2) is 0 Å². The first-order valence-corrected chi connectivity index (χ1v) is 12.7. The molecule has 3 aromatic rings. The van der Waals surface area contributed by atoms with E-state index in [1.54, 1.807) is 11.0 Å². The Bertz CT molecular complexity index is 1170. The summed E-state index contributed by atoms with van der Waals surface area (Å²) in [6, 6.07) is 15.3. The highest BCUT2D eigenvalue weighted by Crippen LogP contribution is 2.26. The van der Waals surface area contributed by atoms with Crippen molar-refractivity contribution in [1.29, 1.82) is 0 Å². The molecule has 9 heteroatoms. The van der Waals surface area contributed by atoms with E-state index < -0.39 is 0 Å². The van der Waals surface area contributed by atoms with Gasteiger partial charge in [-0.1, -0.05) is 30.7 Å². The summed E-state index contributed by atoms with van der Waals surface area (Å²) in [6.07, 6.45) is 2.82. The number of piperazine rings is 1. The molecule has 1 fully saturated rings. The van der Waals surface area contributed by atoms with Gasteiger partial charge in [0.05, 0.1) is 23.8 Å². The number of carbonyl (C=O) groups excluding carboxylic acids is 2. The van der Waals surface area contributed by atoms with Crippen molar-refractivity contribution >= 4 is 29.1 Å². The highest BCUT2D eigenvalue weighted by molar-refractivity contribution is 6.33. The molecular weight excluding hydrogens is 480 g/mol. The molecule has 0 saturated carbocycles. The molecule has 2 aromatic heterocycles. The number of hydrogen-bond donors (Lipinski definition) is 0. The topological polar surface area (TPSA) is 71.2 Å². The van der Waals surface area contributed by atoms with E-state index in [1.807, 2.05) is 65.1 Å². The van der Waals surface area contributed by atoms with Crippen LogP contribution in [0.4, 0.5) is 5.69 Å². The van der Waals surface area contributed by atoms with Crippen LogP contribution in [-0.2, 0) is 22.6 Å². The molecule has 1 aliphatic rings. The summed E-state index contributed by atoms with van der Waals surface area (Å²) in [7, 11) is 1.53. The SMILES string of the molecule is CCCN(Cc1cccn1Cc1ccc(C(=O)N2CCN(c3ccccc3Cl)CC2)o1)C(=O)COC. The molecule has 1 saturated heterocycles.